The fourth-order valence-corrected chi connectivity index (χ4v) is 1.89. The zero-order valence-electron chi connectivity index (χ0n) is 9.22. The Morgan fingerprint density at radius 3 is 2.71 bits per heavy atom. The van der Waals surface area contributed by atoms with Crippen LogP contribution in [0.5, 0.6) is 0 Å². The molecule has 1 aromatic carbocycles. The highest BCUT2D eigenvalue weighted by molar-refractivity contribution is 5.95. The third-order valence-electron chi connectivity index (χ3n) is 2.67. The van der Waals surface area contributed by atoms with Crippen LogP contribution in [0.15, 0.2) is 30.3 Å². The van der Waals surface area contributed by atoms with Gasteiger partial charge in [-0.2, -0.15) is 0 Å². The summed E-state index contributed by atoms with van der Waals surface area (Å²) in [6, 6.07) is 8.52. The minimum absolute atomic E-state index is 0.0177. The summed E-state index contributed by atoms with van der Waals surface area (Å²) in [5.41, 5.74) is 0.772. The molecule has 1 atom stereocenters. The predicted molar refractivity (Wildman–Crippen MR) is 62.7 cm³/mol. The molecule has 86 valence electrons. The van der Waals surface area contributed by atoms with E-state index in [1.807, 2.05) is 30.3 Å². The summed E-state index contributed by atoms with van der Waals surface area (Å²) < 4.78 is 0. The SMILES string of the molecule is C#CCN1C(=O)CNC(=O)C1c1ccccc1. The highest BCUT2D eigenvalue weighted by atomic mass is 16.2. The average molecular weight is 228 g/mol. The minimum atomic E-state index is -0.617. The molecule has 0 saturated carbocycles. The van der Waals surface area contributed by atoms with Crippen molar-refractivity contribution in [1.82, 2.24) is 10.2 Å². The van der Waals surface area contributed by atoms with E-state index in [1.165, 1.54) is 4.90 Å². The van der Waals surface area contributed by atoms with Crippen molar-refractivity contribution in [2.75, 3.05) is 13.1 Å². The van der Waals surface area contributed by atoms with Gasteiger partial charge in [-0.15, -0.1) is 6.42 Å². The standard InChI is InChI=1S/C13H12N2O2/c1-2-8-15-11(16)9-14-13(17)12(15)10-6-4-3-5-7-10/h1,3-7,12H,8-9H2,(H,14,17). The Bertz CT molecular complexity index is 476. The third kappa shape index (κ3) is 2.13. The fourth-order valence-electron chi connectivity index (χ4n) is 1.89. The van der Waals surface area contributed by atoms with Crippen LogP contribution in [0.1, 0.15) is 11.6 Å². The first-order valence-corrected chi connectivity index (χ1v) is 5.29. The van der Waals surface area contributed by atoms with Crippen LogP contribution >= 0.6 is 0 Å². The Balaban J connectivity index is 2.36. The van der Waals surface area contributed by atoms with Gasteiger partial charge in [-0.3, -0.25) is 9.59 Å². The number of carbonyl (C=O) groups excluding carboxylic acids is 2. The van der Waals surface area contributed by atoms with Crippen LogP contribution < -0.4 is 5.32 Å². The highest BCUT2D eigenvalue weighted by Crippen LogP contribution is 2.22. The maximum absolute atomic E-state index is 11.9. The van der Waals surface area contributed by atoms with Crippen LogP contribution in [-0.2, 0) is 9.59 Å². The monoisotopic (exact) mass is 228 g/mol. The number of rotatable bonds is 2. The Labute approximate surface area is 99.6 Å². The fraction of sp³-hybridized carbons (Fsp3) is 0.231. The third-order valence-corrected chi connectivity index (χ3v) is 2.67. The van der Waals surface area contributed by atoms with E-state index in [-0.39, 0.29) is 24.9 Å². The normalized spacial score (nSPS) is 19.7. The second kappa shape index (κ2) is 4.71. The molecule has 4 heteroatoms. The Morgan fingerprint density at radius 2 is 2.06 bits per heavy atom. The topological polar surface area (TPSA) is 49.4 Å². The molecule has 4 nitrogen and oxygen atoms in total. The molecule has 1 unspecified atom stereocenters. The molecule has 0 spiro atoms. The van der Waals surface area contributed by atoms with Crippen LogP contribution in [-0.4, -0.2) is 29.8 Å². The van der Waals surface area contributed by atoms with Crippen molar-refractivity contribution in [2.45, 2.75) is 6.04 Å². The lowest BCUT2D eigenvalue weighted by Crippen LogP contribution is -2.53. The summed E-state index contributed by atoms with van der Waals surface area (Å²) in [6.45, 7) is 0.162. The lowest BCUT2D eigenvalue weighted by Gasteiger charge is -2.33. The quantitative estimate of drug-likeness (QED) is 0.741. The summed E-state index contributed by atoms with van der Waals surface area (Å²) in [5, 5.41) is 2.57. The van der Waals surface area contributed by atoms with Crippen LogP contribution in [0.3, 0.4) is 0 Å². The number of hydrogen-bond donors (Lipinski definition) is 1. The predicted octanol–water partition coefficient (Wildman–Crippen LogP) is 0.319. The van der Waals surface area contributed by atoms with Gasteiger partial charge in [0.2, 0.25) is 11.8 Å². The average Bonchev–Trinajstić information content (AvgIpc) is 2.35. The van der Waals surface area contributed by atoms with Crippen molar-refractivity contribution < 1.29 is 9.59 Å². The summed E-state index contributed by atoms with van der Waals surface area (Å²) in [6.07, 6.45) is 5.23. The molecule has 0 aromatic heterocycles. The number of carbonyl (C=O) groups is 2. The maximum atomic E-state index is 11.9. The number of benzene rings is 1. The molecular weight excluding hydrogens is 216 g/mol. The second-order valence-electron chi connectivity index (χ2n) is 3.76. The molecule has 1 N–H and O–H groups in total. The molecule has 17 heavy (non-hydrogen) atoms. The van der Waals surface area contributed by atoms with Crippen LogP contribution in [0.4, 0.5) is 0 Å². The van der Waals surface area contributed by atoms with Crippen LogP contribution in [0.2, 0.25) is 0 Å². The van der Waals surface area contributed by atoms with E-state index >= 15 is 0 Å². The molecule has 0 bridgehead atoms. The summed E-state index contributed by atoms with van der Waals surface area (Å²) in [5.74, 6) is 2.07. The van der Waals surface area contributed by atoms with Gasteiger partial charge in [0.25, 0.3) is 0 Å². The van der Waals surface area contributed by atoms with Crippen molar-refractivity contribution in [3.05, 3.63) is 35.9 Å². The molecule has 2 rings (SSSR count). The van der Waals surface area contributed by atoms with Crippen molar-refractivity contribution in [1.29, 1.82) is 0 Å². The molecule has 1 heterocycles. The summed E-state index contributed by atoms with van der Waals surface area (Å²) in [4.78, 5) is 25.0. The molecule has 0 radical (unpaired) electrons. The Morgan fingerprint density at radius 1 is 1.35 bits per heavy atom. The van der Waals surface area contributed by atoms with Gasteiger partial charge >= 0.3 is 0 Å². The molecular formula is C13H12N2O2. The van der Waals surface area contributed by atoms with Gasteiger partial charge in [0.1, 0.15) is 6.04 Å². The lowest BCUT2D eigenvalue weighted by molar-refractivity contribution is -0.145. The van der Waals surface area contributed by atoms with Crippen molar-refractivity contribution in [2.24, 2.45) is 0 Å². The van der Waals surface area contributed by atoms with Gasteiger partial charge in [0.05, 0.1) is 13.1 Å². The lowest BCUT2D eigenvalue weighted by atomic mass is 10.0. The molecule has 2 amide bonds. The van der Waals surface area contributed by atoms with E-state index in [0.717, 1.165) is 5.56 Å². The number of amides is 2. The molecule has 0 aliphatic carbocycles. The first-order chi connectivity index (χ1) is 8.24. The van der Waals surface area contributed by atoms with Crippen molar-refractivity contribution >= 4 is 11.8 Å². The summed E-state index contributed by atoms with van der Waals surface area (Å²) >= 11 is 0. The van der Waals surface area contributed by atoms with Gasteiger partial charge in [-0.1, -0.05) is 36.3 Å². The van der Waals surface area contributed by atoms with Gasteiger partial charge in [0.15, 0.2) is 0 Å². The summed E-state index contributed by atoms with van der Waals surface area (Å²) in [7, 11) is 0. The van der Waals surface area contributed by atoms with E-state index in [4.69, 9.17) is 6.42 Å². The Hall–Kier alpha value is -2.28. The van der Waals surface area contributed by atoms with Crippen LogP contribution in [0.25, 0.3) is 0 Å². The van der Waals surface area contributed by atoms with Gasteiger partial charge in [-0.05, 0) is 5.56 Å². The second-order valence-corrected chi connectivity index (χ2v) is 3.76. The smallest absolute Gasteiger partial charge is 0.247 e. The van der Waals surface area contributed by atoms with Crippen molar-refractivity contribution in [3.63, 3.8) is 0 Å². The van der Waals surface area contributed by atoms with Gasteiger partial charge in [0, 0.05) is 0 Å². The zero-order valence-corrected chi connectivity index (χ0v) is 9.22. The zero-order chi connectivity index (χ0) is 12.3. The van der Waals surface area contributed by atoms with E-state index < -0.39 is 6.04 Å². The molecule has 1 aromatic rings. The van der Waals surface area contributed by atoms with E-state index in [0.29, 0.717) is 0 Å². The maximum Gasteiger partial charge on any atom is 0.247 e. The molecule has 1 aliphatic rings. The van der Waals surface area contributed by atoms with Crippen LogP contribution in [0, 0.1) is 12.3 Å². The minimum Gasteiger partial charge on any atom is -0.345 e. The number of piperazine rings is 1. The van der Waals surface area contributed by atoms with Gasteiger partial charge in [-0.25, -0.2) is 0 Å². The highest BCUT2D eigenvalue weighted by Gasteiger charge is 2.34. The van der Waals surface area contributed by atoms with E-state index in [9.17, 15) is 9.59 Å². The van der Waals surface area contributed by atoms with Gasteiger partial charge < -0.3 is 10.2 Å². The Kier molecular flexibility index (Phi) is 3.10. The first kappa shape index (κ1) is 11.2. The largest absolute Gasteiger partial charge is 0.345 e. The number of nitrogens with zero attached hydrogens (tertiary/aromatic N) is 1. The molecule has 1 aliphatic heterocycles. The number of terminal acetylenes is 1. The van der Waals surface area contributed by atoms with Crippen molar-refractivity contribution in [3.8, 4) is 12.3 Å². The number of nitrogens with one attached hydrogen (secondary N) is 1. The molecule has 1 fully saturated rings. The van der Waals surface area contributed by atoms with E-state index in [2.05, 4.69) is 11.2 Å². The van der Waals surface area contributed by atoms with E-state index in [1.54, 1.807) is 0 Å². The number of hydrogen-bond acceptors (Lipinski definition) is 2. The first-order valence-electron chi connectivity index (χ1n) is 5.29. The molecule has 1 saturated heterocycles.